The number of Topliss-reactive ketones (excluding diaryl/α,β-unsaturated/α-hetero) is 1. The van der Waals surface area contributed by atoms with Crippen molar-refractivity contribution in [3.63, 3.8) is 0 Å². The van der Waals surface area contributed by atoms with Gasteiger partial charge in [0.15, 0.2) is 11.2 Å². The number of allylic oxidation sites excluding steroid dienone is 1. The molecule has 1 heterocycles. The van der Waals surface area contributed by atoms with Crippen molar-refractivity contribution >= 4 is 28.1 Å². The standard InChI is InChI=1S/C26H20N2O6/c1-33-22-11-9-20(10-12-22)27-15-18(25(29)17-5-4-6-21(14-17)28(31)32)13-19-16-34-24-8-3-2-7-23(24)26(19)30/h2-12,14-16,27H,13H2,1H3/b18-15+. The quantitative estimate of drug-likeness (QED) is 0.169. The second-order valence-electron chi connectivity index (χ2n) is 7.44. The van der Waals surface area contributed by atoms with E-state index in [1.54, 1.807) is 55.6 Å². The number of ether oxygens (including phenoxy) is 1. The van der Waals surface area contributed by atoms with E-state index >= 15 is 0 Å². The minimum absolute atomic E-state index is 0.0299. The van der Waals surface area contributed by atoms with Crippen LogP contribution in [0.1, 0.15) is 15.9 Å². The number of para-hydroxylation sites is 1. The van der Waals surface area contributed by atoms with Gasteiger partial charge in [-0.1, -0.05) is 24.3 Å². The van der Waals surface area contributed by atoms with Gasteiger partial charge in [-0.2, -0.15) is 0 Å². The SMILES string of the molecule is COc1ccc(N/C=C(\Cc2coc3ccccc3c2=O)C(=O)c2cccc([N+](=O)[O-])c2)cc1. The number of hydrogen-bond donors (Lipinski definition) is 1. The highest BCUT2D eigenvalue weighted by Crippen LogP contribution is 2.21. The van der Waals surface area contributed by atoms with Gasteiger partial charge in [0, 0.05) is 47.1 Å². The zero-order valence-corrected chi connectivity index (χ0v) is 18.2. The Morgan fingerprint density at radius 2 is 1.85 bits per heavy atom. The Kier molecular flexibility index (Phi) is 6.49. The summed E-state index contributed by atoms with van der Waals surface area (Å²) >= 11 is 0. The third-order valence-corrected chi connectivity index (χ3v) is 5.25. The van der Waals surface area contributed by atoms with Crippen LogP contribution in [-0.4, -0.2) is 17.8 Å². The average molecular weight is 456 g/mol. The lowest BCUT2D eigenvalue weighted by molar-refractivity contribution is -0.384. The number of benzene rings is 3. The molecule has 8 heteroatoms. The highest BCUT2D eigenvalue weighted by atomic mass is 16.6. The van der Waals surface area contributed by atoms with E-state index in [9.17, 15) is 19.7 Å². The van der Waals surface area contributed by atoms with E-state index < -0.39 is 10.7 Å². The first-order valence-corrected chi connectivity index (χ1v) is 10.3. The topological polar surface area (TPSA) is 112 Å². The summed E-state index contributed by atoms with van der Waals surface area (Å²) in [5.41, 5.74) is 1.36. The molecule has 0 saturated heterocycles. The second kappa shape index (κ2) is 9.83. The van der Waals surface area contributed by atoms with Gasteiger partial charge in [0.1, 0.15) is 11.3 Å². The average Bonchev–Trinajstić information content (AvgIpc) is 2.88. The third-order valence-electron chi connectivity index (χ3n) is 5.25. The van der Waals surface area contributed by atoms with Crippen LogP contribution in [0.5, 0.6) is 5.75 Å². The lowest BCUT2D eigenvalue weighted by Gasteiger charge is -2.10. The van der Waals surface area contributed by atoms with Crippen LogP contribution >= 0.6 is 0 Å². The summed E-state index contributed by atoms with van der Waals surface area (Å²) < 4.78 is 10.7. The number of nitrogens with one attached hydrogen (secondary N) is 1. The van der Waals surface area contributed by atoms with Crippen molar-refractivity contribution in [3.05, 3.63) is 122 Å². The van der Waals surface area contributed by atoms with Gasteiger partial charge in [-0.15, -0.1) is 0 Å². The molecule has 0 unspecified atom stereocenters. The van der Waals surface area contributed by atoms with Crippen molar-refractivity contribution in [3.8, 4) is 5.75 Å². The summed E-state index contributed by atoms with van der Waals surface area (Å²) in [5, 5.41) is 14.6. The molecule has 0 bridgehead atoms. The highest BCUT2D eigenvalue weighted by molar-refractivity contribution is 6.09. The van der Waals surface area contributed by atoms with Crippen LogP contribution in [0.25, 0.3) is 11.0 Å². The van der Waals surface area contributed by atoms with Gasteiger partial charge in [-0.3, -0.25) is 19.7 Å². The molecular weight excluding hydrogens is 436 g/mol. The Balaban J connectivity index is 1.72. The molecule has 0 aliphatic heterocycles. The molecule has 0 radical (unpaired) electrons. The first-order valence-electron chi connectivity index (χ1n) is 10.3. The number of nitro groups is 1. The van der Waals surface area contributed by atoms with Gasteiger partial charge in [0.2, 0.25) is 0 Å². The lowest BCUT2D eigenvalue weighted by atomic mass is 9.97. The van der Waals surface area contributed by atoms with E-state index in [1.807, 2.05) is 0 Å². The number of rotatable bonds is 8. The van der Waals surface area contributed by atoms with Crippen LogP contribution in [0, 0.1) is 10.1 Å². The molecular formula is C26H20N2O6. The van der Waals surface area contributed by atoms with Crippen LogP contribution in [0.15, 0.2) is 100 Å². The Labute approximate surface area is 194 Å². The molecule has 0 spiro atoms. The molecule has 0 saturated carbocycles. The number of non-ortho nitro benzene ring substituents is 1. The monoisotopic (exact) mass is 456 g/mol. The minimum Gasteiger partial charge on any atom is -0.497 e. The molecule has 0 aliphatic rings. The molecule has 0 amide bonds. The fourth-order valence-electron chi connectivity index (χ4n) is 3.45. The summed E-state index contributed by atoms with van der Waals surface area (Å²) in [4.78, 5) is 36.9. The molecule has 0 fully saturated rings. The number of nitro benzene ring substituents is 1. The first kappa shape index (κ1) is 22.5. The van der Waals surface area contributed by atoms with Crippen LogP contribution < -0.4 is 15.5 Å². The van der Waals surface area contributed by atoms with E-state index in [1.165, 1.54) is 36.7 Å². The van der Waals surface area contributed by atoms with Crippen LogP contribution in [-0.2, 0) is 6.42 Å². The van der Waals surface area contributed by atoms with E-state index in [4.69, 9.17) is 9.15 Å². The number of carbonyl (C=O) groups excluding carboxylic acids is 1. The smallest absolute Gasteiger partial charge is 0.270 e. The van der Waals surface area contributed by atoms with Gasteiger partial charge >= 0.3 is 0 Å². The van der Waals surface area contributed by atoms with Gasteiger partial charge in [-0.05, 0) is 36.4 Å². The molecule has 3 aromatic carbocycles. The molecule has 0 atom stereocenters. The number of fused-ring (bicyclic) bond motifs is 1. The van der Waals surface area contributed by atoms with Crippen molar-refractivity contribution in [2.45, 2.75) is 6.42 Å². The van der Waals surface area contributed by atoms with Gasteiger partial charge in [0.05, 0.1) is 23.7 Å². The minimum atomic E-state index is -0.562. The maximum absolute atomic E-state index is 13.3. The zero-order valence-electron chi connectivity index (χ0n) is 18.2. The van der Waals surface area contributed by atoms with Crippen molar-refractivity contribution in [2.24, 2.45) is 0 Å². The van der Waals surface area contributed by atoms with Crippen LogP contribution in [0.2, 0.25) is 0 Å². The molecule has 34 heavy (non-hydrogen) atoms. The predicted molar refractivity (Wildman–Crippen MR) is 128 cm³/mol. The van der Waals surface area contributed by atoms with E-state index in [0.717, 1.165) is 0 Å². The summed E-state index contributed by atoms with van der Waals surface area (Å²) in [7, 11) is 1.56. The van der Waals surface area contributed by atoms with Gasteiger partial charge < -0.3 is 14.5 Å². The number of nitrogens with zero attached hydrogens (tertiary/aromatic N) is 1. The summed E-state index contributed by atoms with van der Waals surface area (Å²) in [5.74, 6) is 0.230. The van der Waals surface area contributed by atoms with Crippen molar-refractivity contribution < 1.29 is 18.9 Å². The maximum Gasteiger partial charge on any atom is 0.270 e. The molecule has 4 aromatic rings. The van der Waals surface area contributed by atoms with E-state index in [0.29, 0.717) is 28.0 Å². The van der Waals surface area contributed by atoms with E-state index in [-0.39, 0.29) is 28.7 Å². The summed E-state index contributed by atoms with van der Waals surface area (Å²) in [6.07, 6.45) is 2.81. The first-order chi connectivity index (χ1) is 16.5. The Morgan fingerprint density at radius 1 is 1.09 bits per heavy atom. The van der Waals surface area contributed by atoms with Gasteiger partial charge in [0.25, 0.3) is 5.69 Å². The molecule has 8 nitrogen and oxygen atoms in total. The summed E-state index contributed by atoms with van der Waals surface area (Å²) in [6, 6.07) is 19.4. The Hall–Kier alpha value is -4.72. The zero-order chi connectivity index (χ0) is 24.1. The van der Waals surface area contributed by atoms with Crippen LogP contribution in [0.4, 0.5) is 11.4 Å². The maximum atomic E-state index is 13.3. The Bertz CT molecular complexity index is 1450. The Morgan fingerprint density at radius 3 is 2.59 bits per heavy atom. The summed E-state index contributed by atoms with van der Waals surface area (Å²) in [6.45, 7) is 0. The molecule has 1 aromatic heterocycles. The van der Waals surface area contributed by atoms with Crippen molar-refractivity contribution in [2.75, 3.05) is 12.4 Å². The van der Waals surface area contributed by atoms with Crippen molar-refractivity contribution in [1.29, 1.82) is 0 Å². The van der Waals surface area contributed by atoms with E-state index in [2.05, 4.69) is 5.32 Å². The number of carbonyl (C=O) groups is 1. The number of hydrogen-bond acceptors (Lipinski definition) is 7. The number of anilines is 1. The third kappa shape index (κ3) is 4.86. The molecule has 0 aliphatic carbocycles. The fourth-order valence-corrected chi connectivity index (χ4v) is 3.45. The molecule has 170 valence electrons. The lowest BCUT2D eigenvalue weighted by Crippen LogP contribution is -2.15. The molecule has 4 rings (SSSR count). The molecule has 1 N–H and O–H groups in total. The number of ketones is 1. The van der Waals surface area contributed by atoms with Crippen LogP contribution in [0.3, 0.4) is 0 Å². The second-order valence-corrected chi connectivity index (χ2v) is 7.44. The predicted octanol–water partition coefficient (Wildman–Crippen LogP) is 5.13. The fraction of sp³-hybridized carbons (Fsp3) is 0.0769. The highest BCUT2D eigenvalue weighted by Gasteiger charge is 2.18. The van der Waals surface area contributed by atoms with Crippen molar-refractivity contribution in [1.82, 2.24) is 0 Å². The largest absolute Gasteiger partial charge is 0.497 e. The normalized spacial score (nSPS) is 11.3. The van der Waals surface area contributed by atoms with Gasteiger partial charge in [-0.25, -0.2) is 0 Å². The number of methoxy groups -OCH3 is 1.